The van der Waals surface area contributed by atoms with Crippen LogP contribution < -0.4 is 10.5 Å². The number of methoxy groups -OCH3 is 1. The molecule has 0 saturated heterocycles. The maximum Gasteiger partial charge on any atom is 0.168 e. The van der Waals surface area contributed by atoms with Crippen molar-refractivity contribution in [3.63, 3.8) is 0 Å². The van der Waals surface area contributed by atoms with Gasteiger partial charge in [0.1, 0.15) is 11.6 Å². The van der Waals surface area contributed by atoms with Crippen LogP contribution in [0, 0.1) is 5.82 Å². The summed E-state index contributed by atoms with van der Waals surface area (Å²) in [6.45, 7) is 0. The predicted octanol–water partition coefficient (Wildman–Crippen LogP) is 1.51. The number of nitrogen functional groups attached to an aromatic ring is 1. The lowest BCUT2D eigenvalue weighted by Gasteiger charge is -2.09. The summed E-state index contributed by atoms with van der Waals surface area (Å²) >= 11 is 0. The fraction of sp³-hybridized carbons (Fsp3) is 0.100. The normalized spacial score (nSPS) is 10.4. The molecule has 2 aromatic rings. The molecule has 5 nitrogen and oxygen atoms in total. The van der Waals surface area contributed by atoms with Crippen LogP contribution in [-0.2, 0) is 0 Å². The first-order chi connectivity index (χ1) is 7.65. The number of rotatable bonds is 2. The van der Waals surface area contributed by atoms with Crippen molar-refractivity contribution in [3.05, 3.63) is 24.1 Å². The number of phenols is 1. The molecule has 0 spiro atoms. The van der Waals surface area contributed by atoms with Crippen molar-refractivity contribution in [2.24, 2.45) is 0 Å². The summed E-state index contributed by atoms with van der Waals surface area (Å²) in [4.78, 5) is 0. The Hall–Kier alpha value is -2.24. The minimum Gasteiger partial charge on any atom is -0.504 e. The summed E-state index contributed by atoms with van der Waals surface area (Å²) in [7, 11) is 1.38. The van der Waals surface area contributed by atoms with Crippen LogP contribution in [0.4, 0.5) is 10.2 Å². The molecule has 1 aromatic carbocycles. The van der Waals surface area contributed by atoms with Crippen LogP contribution in [0.2, 0.25) is 0 Å². The summed E-state index contributed by atoms with van der Waals surface area (Å²) in [5, 5.41) is 15.9. The molecule has 0 aliphatic rings. The molecule has 0 amide bonds. The van der Waals surface area contributed by atoms with E-state index in [1.165, 1.54) is 25.4 Å². The summed E-state index contributed by atoms with van der Waals surface area (Å²) in [6, 6.07) is 2.53. The Bertz CT molecular complexity index is 525. The Balaban J connectivity index is 2.69. The van der Waals surface area contributed by atoms with Gasteiger partial charge >= 0.3 is 0 Å². The third kappa shape index (κ3) is 1.44. The van der Waals surface area contributed by atoms with E-state index in [0.29, 0.717) is 5.56 Å². The Kier molecular flexibility index (Phi) is 2.40. The van der Waals surface area contributed by atoms with Gasteiger partial charge in [0.2, 0.25) is 0 Å². The van der Waals surface area contributed by atoms with Gasteiger partial charge in [-0.15, -0.1) is 0 Å². The summed E-state index contributed by atoms with van der Waals surface area (Å²) in [6.07, 6.45) is 1.34. The molecular weight excluding hydrogens is 213 g/mol. The van der Waals surface area contributed by atoms with Crippen LogP contribution in [-0.4, -0.2) is 22.4 Å². The van der Waals surface area contributed by atoms with Crippen molar-refractivity contribution in [2.75, 3.05) is 12.8 Å². The van der Waals surface area contributed by atoms with E-state index in [2.05, 4.69) is 10.2 Å². The molecule has 6 heteroatoms. The first-order valence-electron chi connectivity index (χ1n) is 4.49. The Morgan fingerprint density at radius 3 is 2.81 bits per heavy atom. The average molecular weight is 223 g/mol. The second-order valence-electron chi connectivity index (χ2n) is 3.17. The first-order valence-corrected chi connectivity index (χ1v) is 4.49. The van der Waals surface area contributed by atoms with Gasteiger partial charge in [0, 0.05) is 0 Å². The van der Waals surface area contributed by atoms with E-state index in [-0.39, 0.29) is 22.9 Å². The number of benzene rings is 1. The van der Waals surface area contributed by atoms with Crippen LogP contribution in [0.1, 0.15) is 0 Å². The van der Waals surface area contributed by atoms with E-state index in [4.69, 9.17) is 10.5 Å². The van der Waals surface area contributed by atoms with Gasteiger partial charge in [-0.05, 0) is 12.1 Å². The van der Waals surface area contributed by atoms with Gasteiger partial charge in [-0.3, -0.25) is 5.10 Å². The fourth-order valence-corrected chi connectivity index (χ4v) is 1.46. The summed E-state index contributed by atoms with van der Waals surface area (Å²) < 4.78 is 18.5. The van der Waals surface area contributed by atoms with Crippen molar-refractivity contribution in [1.29, 1.82) is 0 Å². The molecule has 4 N–H and O–H groups in total. The van der Waals surface area contributed by atoms with Gasteiger partial charge in [0.25, 0.3) is 0 Å². The van der Waals surface area contributed by atoms with Gasteiger partial charge in [0.05, 0.1) is 24.4 Å². The zero-order chi connectivity index (χ0) is 11.7. The zero-order valence-corrected chi connectivity index (χ0v) is 8.49. The second-order valence-corrected chi connectivity index (χ2v) is 3.17. The number of hydrogen-bond acceptors (Lipinski definition) is 4. The molecule has 0 saturated carbocycles. The van der Waals surface area contributed by atoms with E-state index >= 15 is 0 Å². The Morgan fingerprint density at radius 1 is 1.50 bits per heavy atom. The number of aromatic hydroxyl groups is 1. The largest absolute Gasteiger partial charge is 0.504 e. The molecule has 0 unspecified atom stereocenters. The number of nitrogens with one attached hydrogen (secondary N) is 1. The molecule has 0 bridgehead atoms. The molecule has 16 heavy (non-hydrogen) atoms. The topological polar surface area (TPSA) is 84.2 Å². The summed E-state index contributed by atoms with van der Waals surface area (Å²) in [5.41, 5.74) is 5.84. The van der Waals surface area contributed by atoms with Crippen LogP contribution >= 0.6 is 0 Å². The molecule has 1 heterocycles. The van der Waals surface area contributed by atoms with E-state index < -0.39 is 5.82 Å². The number of anilines is 1. The quantitative estimate of drug-likeness (QED) is 0.720. The molecule has 2 rings (SSSR count). The monoisotopic (exact) mass is 223 g/mol. The fourth-order valence-electron chi connectivity index (χ4n) is 1.46. The number of ether oxygens (including phenoxy) is 1. The highest BCUT2D eigenvalue weighted by atomic mass is 19.1. The zero-order valence-electron chi connectivity index (χ0n) is 8.49. The summed E-state index contributed by atoms with van der Waals surface area (Å²) in [5.74, 6) is -0.526. The highest BCUT2D eigenvalue weighted by Crippen LogP contribution is 2.40. The predicted molar refractivity (Wildman–Crippen MR) is 56.6 cm³/mol. The number of nitrogens with zero attached hydrogens (tertiary/aromatic N) is 1. The lowest BCUT2D eigenvalue weighted by atomic mass is 10.1. The lowest BCUT2D eigenvalue weighted by Crippen LogP contribution is -1.93. The standard InChI is InChI=1S/C10H10FN3O2/c1-16-7-3-2-6(11)8(9(7)15)5-4-13-14-10(5)12/h2-4,15H,1H3,(H3,12,13,14). The Morgan fingerprint density at radius 2 is 2.25 bits per heavy atom. The number of halogens is 1. The highest BCUT2D eigenvalue weighted by molar-refractivity contribution is 5.80. The third-order valence-corrected chi connectivity index (χ3v) is 2.25. The van der Waals surface area contributed by atoms with E-state index in [1.807, 2.05) is 0 Å². The van der Waals surface area contributed by atoms with E-state index in [1.54, 1.807) is 0 Å². The second kappa shape index (κ2) is 3.73. The minimum absolute atomic E-state index is 0.0226. The average Bonchev–Trinajstić information content (AvgIpc) is 2.66. The molecule has 0 atom stereocenters. The minimum atomic E-state index is -0.591. The Labute approximate surface area is 90.7 Å². The van der Waals surface area contributed by atoms with Crippen LogP contribution in [0.3, 0.4) is 0 Å². The number of nitrogens with two attached hydrogens (primary N) is 1. The van der Waals surface area contributed by atoms with E-state index in [9.17, 15) is 9.50 Å². The van der Waals surface area contributed by atoms with Gasteiger partial charge in [-0.25, -0.2) is 4.39 Å². The van der Waals surface area contributed by atoms with Crippen LogP contribution in [0.5, 0.6) is 11.5 Å². The number of hydrogen-bond donors (Lipinski definition) is 3. The SMILES string of the molecule is COc1ccc(F)c(-c2cn[nH]c2N)c1O. The molecule has 0 aliphatic carbocycles. The number of H-pyrrole nitrogens is 1. The van der Waals surface area contributed by atoms with E-state index in [0.717, 1.165) is 0 Å². The maximum absolute atomic E-state index is 13.6. The molecular formula is C10H10FN3O2. The van der Waals surface area contributed by atoms with Gasteiger partial charge in [-0.1, -0.05) is 0 Å². The van der Waals surface area contributed by atoms with Gasteiger partial charge < -0.3 is 15.6 Å². The van der Waals surface area contributed by atoms with Crippen LogP contribution in [0.15, 0.2) is 18.3 Å². The number of aromatic nitrogens is 2. The number of phenolic OH excluding ortho intramolecular Hbond substituents is 1. The molecule has 0 aliphatic heterocycles. The highest BCUT2D eigenvalue weighted by Gasteiger charge is 2.18. The van der Waals surface area contributed by atoms with Gasteiger partial charge in [0.15, 0.2) is 11.5 Å². The molecule has 1 aromatic heterocycles. The number of aromatic amines is 1. The maximum atomic E-state index is 13.6. The molecule has 0 fully saturated rings. The first kappa shape index (κ1) is 10.3. The van der Waals surface area contributed by atoms with Crippen LogP contribution in [0.25, 0.3) is 11.1 Å². The van der Waals surface area contributed by atoms with Crippen molar-refractivity contribution in [2.45, 2.75) is 0 Å². The smallest absolute Gasteiger partial charge is 0.168 e. The lowest BCUT2D eigenvalue weighted by molar-refractivity contribution is 0.372. The molecule has 0 radical (unpaired) electrons. The van der Waals surface area contributed by atoms with Gasteiger partial charge in [-0.2, -0.15) is 5.10 Å². The van der Waals surface area contributed by atoms with Crippen molar-refractivity contribution < 1.29 is 14.2 Å². The molecule has 84 valence electrons. The van der Waals surface area contributed by atoms with Crippen molar-refractivity contribution in [3.8, 4) is 22.6 Å². The van der Waals surface area contributed by atoms with Crippen molar-refractivity contribution >= 4 is 5.82 Å². The van der Waals surface area contributed by atoms with Crippen molar-refractivity contribution in [1.82, 2.24) is 10.2 Å². The third-order valence-electron chi connectivity index (χ3n) is 2.25.